The lowest BCUT2D eigenvalue weighted by molar-refractivity contribution is -0.143. The smallest absolute Gasteiger partial charge is 0.305 e. The fourth-order valence-electron chi connectivity index (χ4n) is 1.62. The van der Waals surface area contributed by atoms with Crippen molar-refractivity contribution in [3.05, 3.63) is 28.2 Å². The van der Waals surface area contributed by atoms with Crippen molar-refractivity contribution in [3.8, 4) is 0 Å². The normalized spacial score (nSPS) is 10.6. The second-order valence-corrected chi connectivity index (χ2v) is 6.18. The van der Waals surface area contributed by atoms with Crippen LogP contribution in [0.3, 0.4) is 0 Å². The van der Waals surface area contributed by atoms with Crippen LogP contribution in [-0.4, -0.2) is 18.3 Å². The summed E-state index contributed by atoms with van der Waals surface area (Å²) in [6.07, 6.45) is 2.79. The third-order valence-electron chi connectivity index (χ3n) is 2.54. The third kappa shape index (κ3) is 6.22. The standard InChI is InChI=1S/C14H17BrF2O2S/c1-2-19-13(18)6-4-3-5-7-20-14-11(16)8-10(15)9-12(14)17/h8-9H,2-7H2,1H3. The maximum absolute atomic E-state index is 13.5. The minimum atomic E-state index is -0.548. The van der Waals surface area contributed by atoms with Crippen LogP contribution < -0.4 is 0 Å². The van der Waals surface area contributed by atoms with Crippen molar-refractivity contribution in [2.45, 2.75) is 37.5 Å². The van der Waals surface area contributed by atoms with E-state index in [0.717, 1.165) is 31.0 Å². The van der Waals surface area contributed by atoms with E-state index in [1.165, 1.54) is 12.1 Å². The van der Waals surface area contributed by atoms with E-state index < -0.39 is 11.6 Å². The Balaban J connectivity index is 2.23. The number of ether oxygens (including phenoxy) is 1. The predicted molar refractivity (Wildman–Crippen MR) is 79.9 cm³/mol. The average molecular weight is 367 g/mol. The van der Waals surface area contributed by atoms with Crippen molar-refractivity contribution >= 4 is 33.7 Å². The van der Waals surface area contributed by atoms with Gasteiger partial charge in [0.1, 0.15) is 11.6 Å². The van der Waals surface area contributed by atoms with Gasteiger partial charge in [0, 0.05) is 10.9 Å². The number of rotatable bonds is 8. The summed E-state index contributed by atoms with van der Waals surface area (Å²) in [5, 5.41) is 0. The summed E-state index contributed by atoms with van der Waals surface area (Å²) in [5.74, 6) is -0.662. The first kappa shape index (κ1) is 17.4. The molecular formula is C14H17BrF2O2S. The van der Waals surface area contributed by atoms with E-state index in [1.54, 1.807) is 6.92 Å². The van der Waals surface area contributed by atoms with Crippen LogP contribution in [0.1, 0.15) is 32.6 Å². The van der Waals surface area contributed by atoms with E-state index in [0.29, 0.717) is 23.3 Å². The van der Waals surface area contributed by atoms with Crippen molar-refractivity contribution in [1.29, 1.82) is 0 Å². The van der Waals surface area contributed by atoms with Gasteiger partial charge in [0.05, 0.1) is 11.5 Å². The zero-order valence-corrected chi connectivity index (χ0v) is 13.7. The number of halogens is 3. The molecule has 20 heavy (non-hydrogen) atoms. The van der Waals surface area contributed by atoms with E-state index >= 15 is 0 Å². The molecular weight excluding hydrogens is 350 g/mol. The van der Waals surface area contributed by atoms with Crippen molar-refractivity contribution in [1.82, 2.24) is 0 Å². The number of benzene rings is 1. The molecule has 0 aliphatic rings. The Labute approximate surface area is 130 Å². The molecule has 0 fully saturated rings. The minimum Gasteiger partial charge on any atom is -0.466 e. The van der Waals surface area contributed by atoms with Gasteiger partial charge in [0.2, 0.25) is 0 Å². The Bertz CT molecular complexity index is 432. The maximum Gasteiger partial charge on any atom is 0.305 e. The van der Waals surface area contributed by atoms with Crippen LogP contribution in [0.25, 0.3) is 0 Å². The van der Waals surface area contributed by atoms with Gasteiger partial charge in [-0.25, -0.2) is 8.78 Å². The Morgan fingerprint density at radius 2 is 1.90 bits per heavy atom. The molecule has 0 aliphatic heterocycles. The van der Waals surface area contributed by atoms with Crippen molar-refractivity contribution < 1.29 is 18.3 Å². The molecule has 2 nitrogen and oxygen atoms in total. The predicted octanol–water partition coefficient (Wildman–Crippen LogP) is 4.94. The van der Waals surface area contributed by atoms with Crippen LogP contribution in [0.15, 0.2) is 21.5 Å². The topological polar surface area (TPSA) is 26.3 Å². The summed E-state index contributed by atoms with van der Waals surface area (Å²) in [7, 11) is 0. The highest BCUT2D eigenvalue weighted by Crippen LogP contribution is 2.29. The van der Waals surface area contributed by atoms with E-state index in [4.69, 9.17) is 4.74 Å². The number of carbonyl (C=O) groups excluding carboxylic acids is 1. The minimum absolute atomic E-state index is 0.0543. The molecule has 6 heteroatoms. The third-order valence-corrected chi connectivity index (χ3v) is 4.17. The zero-order chi connectivity index (χ0) is 15.0. The molecule has 1 rings (SSSR count). The van der Waals surface area contributed by atoms with E-state index in [1.807, 2.05) is 0 Å². The second-order valence-electron chi connectivity index (χ2n) is 4.16. The molecule has 0 unspecified atom stereocenters. The molecule has 0 heterocycles. The largest absolute Gasteiger partial charge is 0.466 e. The number of esters is 1. The summed E-state index contributed by atoms with van der Waals surface area (Å²) in [6, 6.07) is 2.51. The van der Waals surface area contributed by atoms with Crippen LogP contribution in [0.5, 0.6) is 0 Å². The highest BCUT2D eigenvalue weighted by Gasteiger charge is 2.10. The molecule has 0 N–H and O–H groups in total. The Kier molecular flexibility index (Phi) is 8.14. The van der Waals surface area contributed by atoms with Crippen LogP contribution in [0.4, 0.5) is 8.78 Å². The quantitative estimate of drug-likeness (QED) is 0.370. The van der Waals surface area contributed by atoms with Gasteiger partial charge in [-0.15, -0.1) is 11.8 Å². The summed E-state index contributed by atoms with van der Waals surface area (Å²) in [5.41, 5.74) is 0. The summed E-state index contributed by atoms with van der Waals surface area (Å²) in [4.78, 5) is 11.1. The fourth-order valence-corrected chi connectivity index (χ4v) is 2.97. The van der Waals surface area contributed by atoms with Gasteiger partial charge in [-0.1, -0.05) is 22.4 Å². The van der Waals surface area contributed by atoms with Crippen molar-refractivity contribution in [2.24, 2.45) is 0 Å². The first-order chi connectivity index (χ1) is 9.54. The molecule has 112 valence electrons. The maximum atomic E-state index is 13.5. The molecule has 0 spiro atoms. The Morgan fingerprint density at radius 3 is 2.50 bits per heavy atom. The van der Waals surface area contributed by atoms with Gasteiger partial charge in [-0.2, -0.15) is 0 Å². The van der Waals surface area contributed by atoms with E-state index in [9.17, 15) is 13.6 Å². The number of unbranched alkanes of at least 4 members (excludes halogenated alkanes) is 2. The van der Waals surface area contributed by atoms with Crippen LogP contribution in [0.2, 0.25) is 0 Å². The van der Waals surface area contributed by atoms with Crippen molar-refractivity contribution in [3.63, 3.8) is 0 Å². The SMILES string of the molecule is CCOC(=O)CCCCCSc1c(F)cc(Br)cc1F. The molecule has 0 atom stereocenters. The average Bonchev–Trinajstić information content (AvgIpc) is 2.36. The van der Waals surface area contributed by atoms with E-state index in [-0.39, 0.29) is 10.9 Å². The van der Waals surface area contributed by atoms with Gasteiger partial charge >= 0.3 is 5.97 Å². The number of carbonyl (C=O) groups is 1. The highest BCUT2D eigenvalue weighted by molar-refractivity contribution is 9.10. The Hall–Kier alpha value is -0.620. The van der Waals surface area contributed by atoms with Gasteiger partial charge < -0.3 is 4.74 Å². The van der Waals surface area contributed by atoms with Gasteiger partial charge in [0.15, 0.2) is 0 Å². The second kappa shape index (κ2) is 9.34. The summed E-state index contributed by atoms with van der Waals surface area (Å²) >= 11 is 4.21. The number of hydrogen-bond acceptors (Lipinski definition) is 3. The number of thioether (sulfide) groups is 1. The highest BCUT2D eigenvalue weighted by atomic mass is 79.9. The molecule has 0 amide bonds. The van der Waals surface area contributed by atoms with Gasteiger partial charge in [-0.05, 0) is 37.7 Å². The van der Waals surface area contributed by atoms with Gasteiger partial charge in [0.25, 0.3) is 0 Å². The first-order valence-corrected chi connectivity index (χ1v) is 8.25. The zero-order valence-electron chi connectivity index (χ0n) is 11.3. The molecule has 0 aliphatic carbocycles. The summed E-state index contributed by atoms with van der Waals surface area (Å²) in [6.45, 7) is 2.17. The number of hydrogen-bond donors (Lipinski definition) is 0. The molecule has 0 aromatic heterocycles. The summed E-state index contributed by atoms with van der Waals surface area (Å²) < 4.78 is 32.3. The van der Waals surface area contributed by atoms with Crippen LogP contribution >= 0.6 is 27.7 Å². The molecule has 0 radical (unpaired) electrons. The Morgan fingerprint density at radius 1 is 1.25 bits per heavy atom. The van der Waals surface area contributed by atoms with Crippen LogP contribution in [0, 0.1) is 11.6 Å². The first-order valence-electron chi connectivity index (χ1n) is 6.47. The lowest BCUT2D eigenvalue weighted by Crippen LogP contribution is -2.03. The molecule has 1 aromatic rings. The molecule has 0 saturated heterocycles. The lowest BCUT2D eigenvalue weighted by atomic mass is 10.2. The molecule has 0 bridgehead atoms. The molecule has 0 saturated carbocycles. The van der Waals surface area contributed by atoms with Crippen molar-refractivity contribution in [2.75, 3.05) is 12.4 Å². The fraction of sp³-hybridized carbons (Fsp3) is 0.500. The van der Waals surface area contributed by atoms with Crippen LogP contribution in [-0.2, 0) is 9.53 Å². The molecule has 1 aromatic carbocycles. The lowest BCUT2D eigenvalue weighted by Gasteiger charge is -2.05. The monoisotopic (exact) mass is 366 g/mol. The van der Waals surface area contributed by atoms with Gasteiger partial charge in [-0.3, -0.25) is 4.79 Å². The van der Waals surface area contributed by atoms with E-state index in [2.05, 4.69) is 15.9 Å².